The number of carbonyl (C=O) groups excluding carboxylic acids is 8. The number of likely N-dealkylation sites (tertiary alicyclic amines) is 2. The van der Waals surface area contributed by atoms with E-state index in [2.05, 4.69) is 51.8 Å². The van der Waals surface area contributed by atoms with E-state index in [4.69, 9.17) is 5.73 Å². The molecule has 0 aliphatic carbocycles. The van der Waals surface area contributed by atoms with Crippen molar-refractivity contribution < 1.29 is 48.3 Å². The third-order valence-corrected chi connectivity index (χ3v) is 12.6. The maximum atomic E-state index is 14.3. The Balaban J connectivity index is 1.39. The largest absolute Gasteiger partial charge is 0.480 e. The van der Waals surface area contributed by atoms with Crippen LogP contribution in [0.5, 0.6) is 0 Å². The standard InChI is InChI=1S/C45H71N13O10S/c1-24(2)16-32(39(61)56-34(45(67)68)17-25(3)4)54-40(62)33(19-29-21-48-23-50-29)55-42(64)36-11-9-14-58(36)44(66)31(12-15-69-7)53-38(60)27(6)51-37(59)26(5)52-41(63)35-10-8-13-57(35)43(65)30(46)18-28-20-47-22-49-28/h20-27,30-36H,8-19,46H2,1-7H3,(H,47,49)(H,48,50)(H,51,59)(H,52,63)(H,53,60)(H,54,62)(H,55,64)(H,56,61)(H,67,68)/t26-,27-,30-,31-,32-,33-,34-,35-,36-/m0/s1. The average Bonchev–Trinajstić information content (AvgIpc) is 4.15. The normalized spacial score (nSPS) is 18.9. The Bertz CT molecular complexity index is 2070. The zero-order valence-corrected chi connectivity index (χ0v) is 41.4. The van der Waals surface area contributed by atoms with E-state index in [0.29, 0.717) is 42.9 Å². The molecule has 8 amide bonds. The molecule has 69 heavy (non-hydrogen) atoms. The van der Waals surface area contributed by atoms with E-state index in [0.717, 1.165) is 0 Å². The summed E-state index contributed by atoms with van der Waals surface area (Å²) in [5, 5.41) is 25.8. The Hall–Kier alpha value is -6.04. The van der Waals surface area contributed by atoms with Crippen LogP contribution in [0.2, 0.25) is 0 Å². The molecule has 2 fully saturated rings. The third-order valence-electron chi connectivity index (χ3n) is 12.0. The maximum absolute atomic E-state index is 14.3. The first kappa shape index (κ1) is 55.6. The number of nitrogens with zero attached hydrogens (tertiary/aromatic N) is 4. The summed E-state index contributed by atoms with van der Waals surface area (Å²) >= 11 is 1.44. The van der Waals surface area contributed by atoms with E-state index < -0.39 is 108 Å². The van der Waals surface area contributed by atoms with Gasteiger partial charge in [0.05, 0.1) is 18.7 Å². The van der Waals surface area contributed by atoms with Crippen LogP contribution >= 0.6 is 11.8 Å². The molecule has 2 aromatic rings. The summed E-state index contributed by atoms with van der Waals surface area (Å²) in [5.74, 6) is -5.73. The van der Waals surface area contributed by atoms with E-state index in [1.807, 2.05) is 34.0 Å². The lowest BCUT2D eigenvalue weighted by atomic mass is 10.00. The minimum atomic E-state index is -1.25. The Kier molecular flexibility index (Phi) is 21.5. The lowest BCUT2D eigenvalue weighted by Crippen LogP contribution is -2.60. The van der Waals surface area contributed by atoms with Gasteiger partial charge in [-0.3, -0.25) is 38.4 Å². The lowest BCUT2D eigenvalue weighted by Gasteiger charge is -2.31. The Morgan fingerprint density at radius 1 is 0.652 bits per heavy atom. The molecule has 0 bridgehead atoms. The monoisotopic (exact) mass is 986 g/mol. The Morgan fingerprint density at radius 3 is 1.67 bits per heavy atom. The molecule has 23 nitrogen and oxygen atoms in total. The van der Waals surface area contributed by atoms with E-state index in [1.165, 1.54) is 54.3 Å². The summed E-state index contributed by atoms with van der Waals surface area (Å²) in [7, 11) is 0. The van der Waals surface area contributed by atoms with Crippen molar-refractivity contribution in [1.29, 1.82) is 0 Å². The van der Waals surface area contributed by atoms with Crippen molar-refractivity contribution in [2.75, 3.05) is 25.1 Å². The van der Waals surface area contributed by atoms with Crippen molar-refractivity contribution in [3.05, 3.63) is 36.4 Å². The third kappa shape index (κ3) is 16.6. The predicted molar refractivity (Wildman–Crippen MR) is 255 cm³/mol. The van der Waals surface area contributed by atoms with Crippen LogP contribution in [0.15, 0.2) is 25.0 Å². The van der Waals surface area contributed by atoms with Crippen molar-refractivity contribution in [2.24, 2.45) is 17.6 Å². The van der Waals surface area contributed by atoms with Gasteiger partial charge in [0.1, 0.15) is 48.3 Å². The summed E-state index contributed by atoms with van der Waals surface area (Å²) in [6.45, 7) is 10.7. The first-order chi connectivity index (χ1) is 32.7. The van der Waals surface area contributed by atoms with Crippen LogP contribution < -0.4 is 37.6 Å². The molecule has 0 saturated carbocycles. The summed E-state index contributed by atoms with van der Waals surface area (Å²) in [6.07, 6.45) is 10.1. The van der Waals surface area contributed by atoms with Crippen molar-refractivity contribution >= 4 is 65.0 Å². The highest BCUT2D eigenvalue weighted by Crippen LogP contribution is 2.22. The number of amides is 8. The molecule has 11 N–H and O–H groups in total. The number of nitrogens with one attached hydrogen (secondary N) is 8. The second kappa shape index (κ2) is 26.6. The van der Waals surface area contributed by atoms with Crippen LogP contribution in [0.1, 0.15) is 97.9 Å². The number of aromatic amines is 2. The van der Waals surface area contributed by atoms with E-state index >= 15 is 0 Å². The molecule has 0 radical (unpaired) electrons. The minimum Gasteiger partial charge on any atom is -0.480 e. The number of thioether (sulfide) groups is 1. The van der Waals surface area contributed by atoms with Gasteiger partial charge in [-0.1, -0.05) is 27.7 Å². The van der Waals surface area contributed by atoms with Crippen LogP contribution in [0.4, 0.5) is 0 Å². The summed E-state index contributed by atoms with van der Waals surface area (Å²) in [4.78, 5) is 138. The van der Waals surface area contributed by atoms with Crippen LogP contribution in [0.25, 0.3) is 0 Å². The molecule has 2 saturated heterocycles. The molecular formula is C45H71N13O10S. The van der Waals surface area contributed by atoms with E-state index in [1.54, 1.807) is 6.20 Å². The van der Waals surface area contributed by atoms with Gasteiger partial charge in [0.25, 0.3) is 0 Å². The lowest BCUT2D eigenvalue weighted by molar-refractivity contribution is -0.143. The SMILES string of the molecule is CSCC[C@H](NC(=O)[C@H](C)NC(=O)[C@H](C)NC(=O)[C@@H]1CCCN1C(=O)[C@@H](N)Cc1cnc[nH]1)C(=O)N1CCC[C@H]1C(=O)N[C@@H](Cc1cnc[nH]1)C(=O)N[C@@H](CC(C)C)C(=O)N[C@@H](CC(C)C)C(=O)O. The fourth-order valence-electron chi connectivity index (χ4n) is 8.34. The number of imidazole rings is 2. The fraction of sp³-hybridized carbons (Fsp3) is 0.667. The van der Waals surface area contributed by atoms with Gasteiger partial charge in [-0.15, -0.1) is 0 Å². The molecule has 2 aliphatic heterocycles. The zero-order chi connectivity index (χ0) is 50.9. The summed E-state index contributed by atoms with van der Waals surface area (Å²) in [5.41, 5.74) is 7.34. The molecule has 2 aromatic heterocycles. The molecule has 4 heterocycles. The van der Waals surface area contributed by atoms with Crippen molar-refractivity contribution in [3.63, 3.8) is 0 Å². The number of rotatable bonds is 26. The highest BCUT2D eigenvalue weighted by molar-refractivity contribution is 7.98. The Labute approximate surface area is 406 Å². The van der Waals surface area contributed by atoms with Crippen molar-refractivity contribution in [3.8, 4) is 0 Å². The number of H-pyrrole nitrogens is 2. The summed E-state index contributed by atoms with van der Waals surface area (Å²) in [6, 6.07) is -9.67. The topological polar surface area (TPSA) is 336 Å². The minimum absolute atomic E-state index is 0.0360. The van der Waals surface area contributed by atoms with Gasteiger partial charge in [-0.05, 0) is 82.6 Å². The first-order valence-corrected chi connectivity index (χ1v) is 24.9. The number of nitrogens with two attached hydrogens (primary N) is 1. The van der Waals surface area contributed by atoms with E-state index in [-0.39, 0.29) is 56.9 Å². The van der Waals surface area contributed by atoms with Crippen LogP contribution in [0.3, 0.4) is 0 Å². The first-order valence-electron chi connectivity index (χ1n) is 23.6. The second-order valence-electron chi connectivity index (χ2n) is 18.6. The van der Waals surface area contributed by atoms with Gasteiger partial charge < -0.3 is 62.5 Å². The van der Waals surface area contributed by atoms with Gasteiger partial charge in [0.15, 0.2) is 0 Å². The van der Waals surface area contributed by atoms with Gasteiger partial charge in [-0.2, -0.15) is 11.8 Å². The zero-order valence-electron chi connectivity index (χ0n) is 40.5. The van der Waals surface area contributed by atoms with Crippen LogP contribution in [-0.2, 0) is 56.0 Å². The van der Waals surface area contributed by atoms with E-state index in [9.17, 15) is 48.3 Å². The predicted octanol–water partition coefficient (Wildman–Crippen LogP) is -0.894. The molecular weight excluding hydrogens is 915 g/mol. The number of hydrogen-bond acceptors (Lipinski definition) is 13. The smallest absolute Gasteiger partial charge is 0.326 e. The number of carbonyl (C=O) groups is 9. The number of carboxylic acids is 1. The van der Waals surface area contributed by atoms with Gasteiger partial charge >= 0.3 is 5.97 Å². The second-order valence-corrected chi connectivity index (χ2v) is 19.6. The number of carboxylic acid groups (broad SMARTS) is 1. The molecule has 4 rings (SSSR count). The van der Waals surface area contributed by atoms with Gasteiger partial charge in [0, 0.05) is 49.7 Å². The number of aromatic nitrogens is 4. The van der Waals surface area contributed by atoms with Crippen LogP contribution in [0, 0.1) is 11.8 Å². The van der Waals surface area contributed by atoms with Crippen molar-refractivity contribution in [1.82, 2.24) is 61.6 Å². The van der Waals surface area contributed by atoms with Gasteiger partial charge in [-0.25, -0.2) is 14.8 Å². The number of hydrogen-bond donors (Lipinski definition) is 10. The van der Waals surface area contributed by atoms with Crippen molar-refractivity contribution in [2.45, 2.75) is 154 Å². The fourth-order valence-corrected chi connectivity index (χ4v) is 8.81. The molecule has 24 heteroatoms. The molecule has 0 aromatic carbocycles. The summed E-state index contributed by atoms with van der Waals surface area (Å²) < 4.78 is 0. The number of aliphatic carboxylic acids is 1. The maximum Gasteiger partial charge on any atom is 0.326 e. The van der Waals surface area contributed by atoms with Gasteiger partial charge in [0.2, 0.25) is 47.3 Å². The Morgan fingerprint density at radius 2 is 1.13 bits per heavy atom. The highest BCUT2D eigenvalue weighted by atomic mass is 32.2. The quantitative estimate of drug-likeness (QED) is 0.0547. The highest BCUT2D eigenvalue weighted by Gasteiger charge is 2.41. The molecule has 382 valence electrons. The molecule has 0 unspecified atom stereocenters. The molecule has 0 spiro atoms. The molecule has 2 aliphatic rings. The van der Waals surface area contributed by atoms with Crippen LogP contribution in [-0.4, -0.2) is 168 Å². The average molecular weight is 986 g/mol. The molecule has 9 atom stereocenters.